The molecule has 1 spiro atoms. The van der Waals surface area contributed by atoms with Gasteiger partial charge in [0.1, 0.15) is 0 Å². The predicted octanol–water partition coefficient (Wildman–Crippen LogP) is 4.64. The monoisotopic (exact) mass is 206 g/mol. The first-order valence-electron chi connectivity index (χ1n) is 6.90. The molecule has 0 N–H and O–H groups in total. The maximum Gasteiger partial charge on any atom is -0.0210 e. The smallest absolute Gasteiger partial charge is 0.0210 e. The third-order valence-electron chi connectivity index (χ3n) is 6.81. The predicted molar refractivity (Wildman–Crippen MR) is 64.7 cm³/mol. The van der Waals surface area contributed by atoms with Crippen LogP contribution < -0.4 is 0 Å². The second-order valence-electron chi connectivity index (χ2n) is 7.75. The summed E-state index contributed by atoms with van der Waals surface area (Å²) in [6, 6.07) is 0. The Morgan fingerprint density at radius 3 is 2.33 bits per heavy atom. The normalized spacial score (nSPS) is 50.4. The van der Waals surface area contributed by atoms with Crippen LogP contribution in [0, 0.1) is 28.1 Å². The van der Waals surface area contributed by atoms with Crippen molar-refractivity contribution in [2.45, 2.75) is 66.2 Å². The summed E-state index contributed by atoms with van der Waals surface area (Å²) in [7, 11) is 0. The fraction of sp³-hybridized carbons (Fsp3) is 1.00. The Kier molecular flexibility index (Phi) is 1.78. The van der Waals surface area contributed by atoms with Gasteiger partial charge in [-0.1, -0.05) is 34.1 Å². The Balaban J connectivity index is 2.07. The van der Waals surface area contributed by atoms with Gasteiger partial charge in [-0.05, 0) is 60.2 Å². The van der Waals surface area contributed by atoms with Crippen LogP contribution in [0.5, 0.6) is 0 Å². The van der Waals surface area contributed by atoms with E-state index in [-0.39, 0.29) is 0 Å². The van der Waals surface area contributed by atoms with Crippen LogP contribution in [0.15, 0.2) is 0 Å². The van der Waals surface area contributed by atoms with Crippen molar-refractivity contribution in [3.8, 4) is 0 Å². The highest BCUT2D eigenvalue weighted by atomic mass is 14.7. The molecule has 3 aliphatic rings. The molecule has 0 nitrogen and oxygen atoms in total. The Labute approximate surface area is 94.8 Å². The zero-order valence-corrected chi connectivity index (χ0v) is 10.9. The topological polar surface area (TPSA) is 0 Å². The molecule has 0 amide bonds. The average molecular weight is 206 g/mol. The highest BCUT2D eigenvalue weighted by molar-refractivity contribution is 5.15. The fourth-order valence-corrected chi connectivity index (χ4v) is 5.76. The van der Waals surface area contributed by atoms with Crippen LogP contribution in [0.3, 0.4) is 0 Å². The molecule has 0 heterocycles. The first-order valence-corrected chi connectivity index (χ1v) is 6.90. The minimum atomic E-state index is 0.623. The van der Waals surface area contributed by atoms with Gasteiger partial charge in [0, 0.05) is 0 Å². The van der Waals surface area contributed by atoms with Gasteiger partial charge in [-0.25, -0.2) is 0 Å². The number of fused-ring (bicyclic) bond motifs is 1. The molecule has 0 aromatic heterocycles. The van der Waals surface area contributed by atoms with Crippen LogP contribution in [-0.4, -0.2) is 0 Å². The van der Waals surface area contributed by atoms with Gasteiger partial charge in [-0.2, -0.15) is 0 Å². The molecule has 2 bridgehead atoms. The van der Waals surface area contributed by atoms with E-state index in [0.29, 0.717) is 10.8 Å². The van der Waals surface area contributed by atoms with Crippen LogP contribution >= 0.6 is 0 Å². The summed E-state index contributed by atoms with van der Waals surface area (Å²) in [5.74, 6) is 2.08. The highest BCUT2D eigenvalue weighted by Gasteiger charge is 2.66. The van der Waals surface area contributed by atoms with E-state index in [1.54, 1.807) is 12.8 Å². The van der Waals surface area contributed by atoms with Crippen LogP contribution in [0.4, 0.5) is 0 Å². The third-order valence-corrected chi connectivity index (χ3v) is 6.81. The van der Waals surface area contributed by atoms with Crippen molar-refractivity contribution in [3.05, 3.63) is 0 Å². The largest absolute Gasteiger partial charge is 0.0594 e. The maximum absolute atomic E-state index is 2.56. The molecule has 86 valence electrons. The van der Waals surface area contributed by atoms with Gasteiger partial charge in [-0.15, -0.1) is 0 Å². The van der Waals surface area contributed by atoms with E-state index in [9.17, 15) is 0 Å². The van der Waals surface area contributed by atoms with Crippen molar-refractivity contribution >= 4 is 0 Å². The Morgan fingerprint density at radius 1 is 0.933 bits per heavy atom. The van der Waals surface area contributed by atoms with Crippen molar-refractivity contribution in [2.75, 3.05) is 0 Å². The lowest BCUT2D eigenvalue weighted by atomic mass is 9.49. The molecule has 3 saturated carbocycles. The molecule has 0 heteroatoms. The lowest BCUT2D eigenvalue weighted by Gasteiger charge is -2.56. The van der Waals surface area contributed by atoms with Crippen LogP contribution in [0.2, 0.25) is 0 Å². The molecular formula is C15H26. The average Bonchev–Trinajstić information content (AvgIpc) is 2.63. The van der Waals surface area contributed by atoms with Crippen molar-refractivity contribution < 1.29 is 0 Å². The summed E-state index contributed by atoms with van der Waals surface area (Å²) < 4.78 is 0. The lowest BCUT2D eigenvalue weighted by Crippen LogP contribution is -2.48. The minimum absolute atomic E-state index is 0.623. The summed E-state index contributed by atoms with van der Waals surface area (Å²) in [4.78, 5) is 0. The second-order valence-corrected chi connectivity index (χ2v) is 7.75. The molecule has 0 aromatic rings. The van der Waals surface area contributed by atoms with Crippen molar-refractivity contribution in [1.29, 1.82) is 0 Å². The third kappa shape index (κ3) is 0.996. The number of hydrogen-bond donors (Lipinski definition) is 0. The molecular weight excluding hydrogens is 180 g/mol. The summed E-state index contributed by atoms with van der Waals surface area (Å²) in [5, 5.41) is 0. The SMILES string of the molecule is CC1(C)C2CCCC(C)(C)[C@]23CC[C@H]1C3. The van der Waals surface area contributed by atoms with Gasteiger partial charge in [0.25, 0.3) is 0 Å². The summed E-state index contributed by atoms with van der Waals surface area (Å²) in [5.41, 5.74) is 2.01. The molecule has 1 unspecified atom stereocenters. The Hall–Kier alpha value is 0. The maximum atomic E-state index is 2.56. The number of hydrogen-bond acceptors (Lipinski definition) is 0. The van der Waals surface area contributed by atoms with Gasteiger partial charge in [0.15, 0.2) is 0 Å². The van der Waals surface area contributed by atoms with Crippen molar-refractivity contribution in [3.63, 3.8) is 0 Å². The number of rotatable bonds is 0. The van der Waals surface area contributed by atoms with Crippen LogP contribution in [0.25, 0.3) is 0 Å². The van der Waals surface area contributed by atoms with Gasteiger partial charge in [0.05, 0.1) is 0 Å². The summed E-state index contributed by atoms with van der Waals surface area (Å²) >= 11 is 0. The van der Waals surface area contributed by atoms with E-state index in [0.717, 1.165) is 17.3 Å². The van der Waals surface area contributed by atoms with E-state index < -0.39 is 0 Å². The van der Waals surface area contributed by atoms with E-state index >= 15 is 0 Å². The zero-order chi connectivity index (χ0) is 10.9. The Morgan fingerprint density at radius 2 is 1.67 bits per heavy atom. The molecule has 0 aromatic carbocycles. The van der Waals surface area contributed by atoms with Gasteiger partial charge in [0.2, 0.25) is 0 Å². The lowest BCUT2D eigenvalue weighted by molar-refractivity contribution is -0.0651. The van der Waals surface area contributed by atoms with Gasteiger partial charge < -0.3 is 0 Å². The molecule has 0 radical (unpaired) electrons. The molecule has 0 aliphatic heterocycles. The molecule has 3 aliphatic carbocycles. The molecule has 3 rings (SSSR count). The quantitative estimate of drug-likeness (QED) is 0.541. The first-order chi connectivity index (χ1) is 6.90. The van der Waals surface area contributed by atoms with E-state index in [4.69, 9.17) is 0 Å². The van der Waals surface area contributed by atoms with Gasteiger partial charge >= 0.3 is 0 Å². The summed E-state index contributed by atoms with van der Waals surface area (Å²) in [6.45, 7) is 10.2. The van der Waals surface area contributed by atoms with Crippen molar-refractivity contribution in [2.24, 2.45) is 28.1 Å². The van der Waals surface area contributed by atoms with E-state index in [1.807, 2.05) is 0 Å². The van der Waals surface area contributed by atoms with Crippen molar-refractivity contribution in [1.82, 2.24) is 0 Å². The van der Waals surface area contributed by atoms with Crippen LogP contribution in [0.1, 0.15) is 66.2 Å². The minimum Gasteiger partial charge on any atom is -0.0594 e. The van der Waals surface area contributed by atoms with E-state index in [1.165, 1.54) is 25.7 Å². The molecule has 3 fully saturated rings. The molecule has 0 saturated heterocycles. The molecule has 3 atom stereocenters. The van der Waals surface area contributed by atoms with E-state index in [2.05, 4.69) is 27.7 Å². The Bertz CT molecular complexity index is 286. The van der Waals surface area contributed by atoms with Gasteiger partial charge in [-0.3, -0.25) is 0 Å². The molecule has 15 heavy (non-hydrogen) atoms. The van der Waals surface area contributed by atoms with Crippen LogP contribution in [-0.2, 0) is 0 Å². The second kappa shape index (κ2) is 2.63. The zero-order valence-electron chi connectivity index (χ0n) is 10.9. The fourth-order valence-electron chi connectivity index (χ4n) is 5.76. The first kappa shape index (κ1) is 10.2. The summed E-state index contributed by atoms with van der Waals surface area (Å²) in [6.07, 6.45) is 9.10. The standard InChI is InChI=1S/C15H26/c1-13(2)8-5-6-12-14(3,4)11-7-9-15(12,13)10-11/h11-12H,5-10H2,1-4H3/t11-,12?,15-/m0/s1. The highest BCUT2D eigenvalue weighted by Crippen LogP contribution is 2.75.